The summed E-state index contributed by atoms with van der Waals surface area (Å²) in [6.45, 7) is 4.11. The van der Waals surface area contributed by atoms with Crippen molar-refractivity contribution in [2.45, 2.75) is 19.9 Å². The molecule has 0 spiro atoms. The maximum absolute atomic E-state index is 4.29. The highest BCUT2D eigenvalue weighted by Gasteiger charge is 2.07. The predicted molar refractivity (Wildman–Crippen MR) is 63.1 cm³/mol. The summed E-state index contributed by atoms with van der Waals surface area (Å²) in [5.41, 5.74) is 1.17. The zero-order chi connectivity index (χ0) is 10.7. The Morgan fingerprint density at radius 3 is 2.80 bits per heavy atom. The molecule has 0 bridgehead atoms. The van der Waals surface area contributed by atoms with Crippen LogP contribution in [0.15, 0.2) is 29.9 Å². The summed E-state index contributed by atoms with van der Waals surface area (Å²) in [6, 6.07) is 4.24. The maximum Gasteiger partial charge on any atom is 0.126 e. The molecule has 0 amide bonds. The van der Waals surface area contributed by atoms with E-state index in [9.17, 15) is 0 Å². The summed E-state index contributed by atoms with van der Waals surface area (Å²) in [5, 5.41) is 6.37. The van der Waals surface area contributed by atoms with Crippen molar-refractivity contribution in [2.75, 3.05) is 5.32 Å². The first-order valence-electron chi connectivity index (χ1n) is 4.84. The number of nitrogens with one attached hydrogen (secondary N) is 1. The lowest BCUT2D eigenvalue weighted by atomic mass is 10.3. The van der Waals surface area contributed by atoms with Gasteiger partial charge in [-0.2, -0.15) is 0 Å². The molecule has 0 aliphatic carbocycles. The largest absolute Gasteiger partial charge is 0.361 e. The predicted octanol–water partition coefficient (Wildman–Crippen LogP) is 3.02. The summed E-state index contributed by atoms with van der Waals surface area (Å²) in [7, 11) is 0. The van der Waals surface area contributed by atoms with Crippen LogP contribution in [0.4, 0.5) is 5.82 Å². The Morgan fingerprint density at radius 2 is 2.20 bits per heavy atom. The summed E-state index contributed by atoms with van der Waals surface area (Å²) in [5.74, 6) is 0.892. The highest BCUT2D eigenvalue weighted by atomic mass is 32.1. The Balaban J connectivity index is 2.06. The number of hydrogen-bond donors (Lipinski definition) is 1. The molecule has 15 heavy (non-hydrogen) atoms. The molecule has 2 aromatic heterocycles. The molecule has 0 aliphatic heterocycles. The van der Waals surface area contributed by atoms with Crippen LogP contribution in [0.3, 0.4) is 0 Å². The van der Waals surface area contributed by atoms with Crippen LogP contribution in [0.1, 0.15) is 23.5 Å². The number of nitrogens with zero attached hydrogens (tertiary/aromatic N) is 2. The van der Waals surface area contributed by atoms with Gasteiger partial charge in [0.2, 0.25) is 0 Å². The first-order chi connectivity index (χ1) is 7.25. The van der Waals surface area contributed by atoms with Crippen molar-refractivity contribution in [3.8, 4) is 0 Å². The quantitative estimate of drug-likeness (QED) is 0.862. The Morgan fingerprint density at radius 1 is 1.33 bits per heavy atom. The minimum Gasteiger partial charge on any atom is -0.361 e. The van der Waals surface area contributed by atoms with Crippen LogP contribution in [0.25, 0.3) is 0 Å². The molecule has 2 aromatic rings. The van der Waals surface area contributed by atoms with E-state index in [1.807, 2.05) is 36.8 Å². The number of pyridine rings is 1. The lowest BCUT2D eigenvalue weighted by Crippen LogP contribution is -2.07. The van der Waals surface area contributed by atoms with Crippen molar-refractivity contribution >= 4 is 17.2 Å². The number of aryl methyl sites for hydroxylation is 1. The molecular weight excluding hydrogens is 206 g/mol. The van der Waals surface area contributed by atoms with Crippen LogP contribution < -0.4 is 5.32 Å². The number of anilines is 1. The van der Waals surface area contributed by atoms with E-state index >= 15 is 0 Å². The average molecular weight is 219 g/mol. The molecule has 78 valence electrons. The van der Waals surface area contributed by atoms with E-state index in [1.54, 1.807) is 11.3 Å². The number of aromatic nitrogens is 2. The van der Waals surface area contributed by atoms with Crippen LogP contribution >= 0.6 is 11.3 Å². The van der Waals surface area contributed by atoms with E-state index in [4.69, 9.17) is 0 Å². The minimum atomic E-state index is 0.209. The fourth-order valence-electron chi connectivity index (χ4n) is 1.29. The smallest absolute Gasteiger partial charge is 0.126 e. The lowest BCUT2D eigenvalue weighted by Gasteiger charge is -2.11. The third-order valence-corrected chi connectivity index (χ3v) is 3.06. The van der Waals surface area contributed by atoms with Gasteiger partial charge in [0.05, 0.1) is 6.04 Å². The Bertz CT molecular complexity index is 408. The minimum absolute atomic E-state index is 0.209. The van der Waals surface area contributed by atoms with Crippen LogP contribution in [0.5, 0.6) is 0 Å². The van der Waals surface area contributed by atoms with Crippen LogP contribution in [0.2, 0.25) is 0 Å². The van der Waals surface area contributed by atoms with Crippen molar-refractivity contribution in [3.05, 3.63) is 40.5 Å². The normalized spacial score (nSPS) is 12.4. The molecule has 2 heterocycles. The highest BCUT2D eigenvalue weighted by molar-refractivity contribution is 7.09. The zero-order valence-corrected chi connectivity index (χ0v) is 9.58. The van der Waals surface area contributed by atoms with E-state index in [1.165, 1.54) is 5.56 Å². The van der Waals surface area contributed by atoms with E-state index in [-0.39, 0.29) is 6.04 Å². The second-order valence-corrected chi connectivity index (χ2v) is 4.38. The molecule has 0 aromatic carbocycles. The first-order valence-corrected chi connectivity index (χ1v) is 5.72. The summed E-state index contributed by atoms with van der Waals surface area (Å²) >= 11 is 1.65. The molecular formula is C11H13N3S. The van der Waals surface area contributed by atoms with Gasteiger partial charge in [0, 0.05) is 17.8 Å². The molecule has 2 rings (SSSR count). The Hall–Kier alpha value is -1.42. The Kier molecular flexibility index (Phi) is 2.97. The van der Waals surface area contributed by atoms with Crippen molar-refractivity contribution in [3.63, 3.8) is 0 Å². The van der Waals surface area contributed by atoms with Gasteiger partial charge in [-0.1, -0.05) is 6.07 Å². The first kappa shape index (κ1) is 10.1. The van der Waals surface area contributed by atoms with Gasteiger partial charge in [0.15, 0.2) is 0 Å². The van der Waals surface area contributed by atoms with Gasteiger partial charge < -0.3 is 5.32 Å². The van der Waals surface area contributed by atoms with Crippen molar-refractivity contribution in [1.29, 1.82) is 0 Å². The van der Waals surface area contributed by atoms with Gasteiger partial charge in [0.1, 0.15) is 10.8 Å². The summed E-state index contributed by atoms with van der Waals surface area (Å²) < 4.78 is 0. The standard InChI is InChI=1S/C11H13N3S/c1-8-3-4-10(13-7-8)14-9(2)11-12-5-6-15-11/h3-7,9H,1-2H3,(H,13,14). The third kappa shape index (κ3) is 2.53. The second-order valence-electron chi connectivity index (χ2n) is 3.46. The third-order valence-electron chi connectivity index (χ3n) is 2.10. The average Bonchev–Trinajstić information content (AvgIpc) is 2.74. The molecule has 3 nitrogen and oxygen atoms in total. The lowest BCUT2D eigenvalue weighted by molar-refractivity contribution is 0.860. The van der Waals surface area contributed by atoms with Crippen molar-refractivity contribution < 1.29 is 0 Å². The summed E-state index contributed by atoms with van der Waals surface area (Å²) in [4.78, 5) is 8.55. The van der Waals surface area contributed by atoms with Gasteiger partial charge >= 0.3 is 0 Å². The van der Waals surface area contributed by atoms with Gasteiger partial charge in [-0.25, -0.2) is 9.97 Å². The molecule has 0 aliphatic rings. The van der Waals surface area contributed by atoms with Gasteiger partial charge in [-0.15, -0.1) is 11.3 Å². The summed E-state index contributed by atoms with van der Waals surface area (Å²) in [6.07, 6.45) is 3.68. The van der Waals surface area contributed by atoms with Crippen LogP contribution in [0, 0.1) is 6.92 Å². The number of thiazole rings is 1. The van der Waals surface area contributed by atoms with E-state index in [0.717, 1.165) is 10.8 Å². The molecule has 0 fully saturated rings. The van der Waals surface area contributed by atoms with E-state index in [2.05, 4.69) is 22.2 Å². The fraction of sp³-hybridized carbons (Fsp3) is 0.273. The molecule has 1 N–H and O–H groups in total. The van der Waals surface area contributed by atoms with E-state index in [0.29, 0.717) is 0 Å². The van der Waals surface area contributed by atoms with E-state index < -0.39 is 0 Å². The van der Waals surface area contributed by atoms with Crippen molar-refractivity contribution in [2.24, 2.45) is 0 Å². The molecule has 4 heteroatoms. The molecule has 0 saturated carbocycles. The van der Waals surface area contributed by atoms with Gasteiger partial charge in [-0.3, -0.25) is 0 Å². The van der Waals surface area contributed by atoms with Crippen molar-refractivity contribution in [1.82, 2.24) is 9.97 Å². The highest BCUT2D eigenvalue weighted by Crippen LogP contribution is 2.19. The monoisotopic (exact) mass is 219 g/mol. The van der Waals surface area contributed by atoms with Crippen LogP contribution in [-0.4, -0.2) is 9.97 Å². The second kappa shape index (κ2) is 4.40. The maximum atomic E-state index is 4.29. The molecule has 0 radical (unpaired) electrons. The zero-order valence-electron chi connectivity index (χ0n) is 8.77. The molecule has 0 saturated heterocycles. The van der Waals surface area contributed by atoms with Gasteiger partial charge in [0.25, 0.3) is 0 Å². The number of hydrogen-bond acceptors (Lipinski definition) is 4. The van der Waals surface area contributed by atoms with Crippen LogP contribution in [-0.2, 0) is 0 Å². The molecule has 1 unspecified atom stereocenters. The number of rotatable bonds is 3. The Labute approximate surface area is 93.2 Å². The van der Waals surface area contributed by atoms with Gasteiger partial charge in [-0.05, 0) is 25.5 Å². The SMILES string of the molecule is Cc1ccc(NC(C)c2nccs2)nc1. The molecule has 1 atom stereocenters. The topological polar surface area (TPSA) is 37.8 Å². The fourth-order valence-corrected chi connectivity index (χ4v) is 1.93.